The van der Waals surface area contributed by atoms with Crippen molar-refractivity contribution >= 4 is 29.1 Å². The Morgan fingerprint density at radius 2 is 1.97 bits per heavy atom. The lowest BCUT2D eigenvalue weighted by atomic mass is 9.48. The number of allylic oxidation sites excluding steroid dienone is 4. The molecule has 0 radical (unpaired) electrons. The smallest absolute Gasteiger partial charge is 0.303 e. The van der Waals surface area contributed by atoms with Crippen molar-refractivity contribution in [2.24, 2.45) is 40.4 Å². The van der Waals surface area contributed by atoms with Crippen LogP contribution >= 0.6 is 11.6 Å². The number of hydrogen-bond acceptors (Lipinski definition) is 4. The second kappa shape index (κ2) is 7.08. The second-order valence-electron chi connectivity index (χ2n) is 10.2. The molecule has 0 amide bonds. The molecular weight excluding hydrogens is 388 g/mol. The largest absolute Gasteiger partial charge is 0.458 e. The van der Waals surface area contributed by atoms with Crippen LogP contribution in [0.3, 0.4) is 0 Å². The summed E-state index contributed by atoms with van der Waals surface area (Å²) in [6.45, 7) is 7.92. The zero-order valence-corrected chi connectivity index (χ0v) is 18.6. The Hall–Kier alpha value is -1.42. The van der Waals surface area contributed by atoms with E-state index in [9.17, 15) is 14.4 Å². The van der Waals surface area contributed by atoms with E-state index in [0.717, 1.165) is 36.3 Å². The van der Waals surface area contributed by atoms with Crippen LogP contribution in [0.1, 0.15) is 59.8 Å². The summed E-state index contributed by atoms with van der Waals surface area (Å²) in [7, 11) is 0. The third-order valence-corrected chi connectivity index (χ3v) is 9.00. The molecule has 0 aromatic rings. The molecule has 0 bridgehead atoms. The van der Waals surface area contributed by atoms with Crippen molar-refractivity contribution in [3.8, 4) is 0 Å². The fourth-order valence-electron chi connectivity index (χ4n) is 7.39. The molecule has 29 heavy (non-hydrogen) atoms. The molecule has 0 aliphatic heterocycles. The average molecular weight is 419 g/mol. The lowest BCUT2D eigenvalue weighted by molar-refractivity contribution is -0.149. The maximum Gasteiger partial charge on any atom is 0.303 e. The van der Waals surface area contributed by atoms with Crippen molar-refractivity contribution in [3.63, 3.8) is 0 Å². The van der Waals surface area contributed by atoms with Crippen molar-refractivity contribution in [2.75, 3.05) is 6.61 Å². The summed E-state index contributed by atoms with van der Waals surface area (Å²) in [5.74, 6) is 1.16. The summed E-state index contributed by atoms with van der Waals surface area (Å²) < 4.78 is 5.05. The summed E-state index contributed by atoms with van der Waals surface area (Å²) in [6, 6.07) is 0. The highest BCUT2D eigenvalue weighted by atomic mass is 35.5. The van der Waals surface area contributed by atoms with Crippen LogP contribution < -0.4 is 0 Å². The van der Waals surface area contributed by atoms with Gasteiger partial charge in [0.25, 0.3) is 0 Å². The van der Waals surface area contributed by atoms with Crippen LogP contribution in [0.2, 0.25) is 0 Å². The molecular formula is C24H31ClO4. The molecule has 1 unspecified atom stereocenters. The molecule has 0 spiro atoms. The predicted octanol–water partition coefficient (Wildman–Crippen LogP) is 4.86. The molecule has 0 aromatic heterocycles. The van der Waals surface area contributed by atoms with Gasteiger partial charge in [-0.25, -0.2) is 0 Å². The first-order chi connectivity index (χ1) is 13.6. The first-order valence-electron chi connectivity index (χ1n) is 10.9. The van der Waals surface area contributed by atoms with Gasteiger partial charge < -0.3 is 4.74 Å². The van der Waals surface area contributed by atoms with Crippen LogP contribution in [0.15, 0.2) is 22.8 Å². The monoisotopic (exact) mass is 418 g/mol. The van der Waals surface area contributed by atoms with Gasteiger partial charge in [-0.2, -0.15) is 0 Å². The molecule has 7 atom stereocenters. The number of carbonyl (C=O) groups is 3. The van der Waals surface area contributed by atoms with Crippen molar-refractivity contribution in [3.05, 3.63) is 22.8 Å². The number of carbonyl (C=O) groups excluding carboxylic acids is 3. The van der Waals surface area contributed by atoms with Crippen molar-refractivity contribution in [1.82, 2.24) is 0 Å². The fraction of sp³-hybridized carbons (Fsp3) is 0.708. The fourth-order valence-corrected chi connectivity index (χ4v) is 7.80. The van der Waals surface area contributed by atoms with E-state index in [2.05, 4.69) is 26.8 Å². The average Bonchev–Trinajstić information content (AvgIpc) is 2.92. The Bertz CT molecular complexity index is 827. The molecule has 4 nitrogen and oxygen atoms in total. The van der Waals surface area contributed by atoms with Gasteiger partial charge in [-0.05, 0) is 71.8 Å². The van der Waals surface area contributed by atoms with Gasteiger partial charge in [-0.15, -0.1) is 0 Å². The zero-order chi connectivity index (χ0) is 21.1. The summed E-state index contributed by atoms with van der Waals surface area (Å²) in [5.41, 5.74) is 0.858. The van der Waals surface area contributed by atoms with Crippen LogP contribution in [0, 0.1) is 40.4 Å². The van der Waals surface area contributed by atoms with Gasteiger partial charge >= 0.3 is 5.97 Å². The van der Waals surface area contributed by atoms with Crippen LogP contribution in [0.5, 0.6) is 0 Å². The van der Waals surface area contributed by atoms with Gasteiger partial charge in [-0.1, -0.05) is 38.4 Å². The van der Waals surface area contributed by atoms with Crippen molar-refractivity contribution < 1.29 is 19.1 Å². The molecule has 4 aliphatic carbocycles. The lowest BCUT2D eigenvalue weighted by Crippen LogP contribution is -2.50. The van der Waals surface area contributed by atoms with Crippen LogP contribution in [0.4, 0.5) is 0 Å². The van der Waals surface area contributed by atoms with E-state index in [0.29, 0.717) is 24.2 Å². The van der Waals surface area contributed by atoms with E-state index >= 15 is 0 Å². The number of hydrogen-bond donors (Lipinski definition) is 0. The van der Waals surface area contributed by atoms with Gasteiger partial charge in [0, 0.05) is 24.3 Å². The van der Waals surface area contributed by atoms with Gasteiger partial charge in [-0.3, -0.25) is 14.4 Å². The maximum absolute atomic E-state index is 13.0. The molecule has 2 fully saturated rings. The first kappa shape index (κ1) is 20.8. The Kier molecular flexibility index (Phi) is 5.08. The molecule has 0 aromatic carbocycles. The topological polar surface area (TPSA) is 60.4 Å². The SMILES string of the molecule is CC(=O)OCC(=O)[C@H]1C(C)C[C@H]2[C@@H]3C=C(Cl)C4=CC(=O)CC[C@]4(C)[C@H]3CC[C@]12C. The van der Waals surface area contributed by atoms with Gasteiger partial charge in [0.05, 0.1) is 0 Å². The normalized spacial score (nSPS) is 43.5. The third-order valence-electron chi connectivity index (χ3n) is 8.67. The molecule has 2 saturated carbocycles. The Labute approximate surface area is 178 Å². The Morgan fingerprint density at radius 3 is 2.66 bits per heavy atom. The summed E-state index contributed by atoms with van der Waals surface area (Å²) >= 11 is 6.74. The minimum absolute atomic E-state index is 0.0529. The molecule has 5 heteroatoms. The number of ketones is 2. The summed E-state index contributed by atoms with van der Waals surface area (Å²) in [5, 5.41) is 0.730. The number of esters is 1. The number of halogens is 1. The highest BCUT2D eigenvalue weighted by Gasteiger charge is 2.61. The number of ether oxygens (including phenoxy) is 1. The highest BCUT2D eigenvalue weighted by Crippen LogP contribution is 2.67. The Balaban J connectivity index is 1.68. The maximum atomic E-state index is 13.0. The lowest BCUT2D eigenvalue weighted by Gasteiger charge is -2.56. The second-order valence-corrected chi connectivity index (χ2v) is 10.6. The summed E-state index contributed by atoms with van der Waals surface area (Å²) in [6.07, 6.45) is 8.42. The number of fused-ring (bicyclic) bond motifs is 5. The highest BCUT2D eigenvalue weighted by molar-refractivity contribution is 6.32. The van der Waals surface area contributed by atoms with Crippen LogP contribution in [-0.4, -0.2) is 24.1 Å². The molecule has 0 heterocycles. The number of rotatable bonds is 3. The molecule has 4 rings (SSSR count). The molecule has 0 saturated heterocycles. The quantitative estimate of drug-likeness (QED) is 0.614. The van der Waals surface area contributed by atoms with Crippen LogP contribution in [-0.2, 0) is 19.1 Å². The van der Waals surface area contributed by atoms with Gasteiger partial charge in [0.1, 0.15) is 6.61 Å². The van der Waals surface area contributed by atoms with Gasteiger partial charge in [0.15, 0.2) is 11.6 Å². The minimum atomic E-state index is -0.407. The van der Waals surface area contributed by atoms with Gasteiger partial charge in [0.2, 0.25) is 0 Å². The predicted molar refractivity (Wildman–Crippen MR) is 111 cm³/mol. The first-order valence-corrected chi connectivity index (χ1v) is 11.2. The van der Waals surface area contributed by atoms with E-state index < -0.39 is 5.97 Å². The van der Waals surface area contributed by atoms with E-state index in [1.54, 1.807) is 6.08 Å². The molecule has 0 N–H and O–H groups in total. The molecule has 158 valence electrons. The third kappa shape index (κ3) is 3.13. The van der Waals surface area contributed by atoms with Crippen molar-refractivity contribution in [1.29, 1.82) is 0 Å². The Morgan fingerprint density at radius 1 is 1.24 bits per heavy atom. The van der Waals surface area contributed by atoms with E-state index in [1.807, 2.05) is 0 Å². The van der Waals surface area contributed by atoms with E-state index in [-0.39, 0.29) is 40.8 Å². The van der Waals surface area contributed by atoms with Crippen molar-refractivity contribution in [2.45, 2.75) is 59.8 Å². The standard InChI is InChI=1S/C24H31ClO4/c1-13-9-18-16-11-20(25)19-10-15(27)5-7-23(19,3)17(16)6-8-24(18,4)22(13)21(28)12-29-14(2)26/h10-11,13,16-18,22H,5-9,12H2,1-4H3/t13?,16-,17+,18+,22-,23-,24+/m1/s1. The van der Waals surface area contributed by atoms with E-state index in [4.69, 9.17) is 16.3 Å². The minimum Gasteiger partial charge on any atom is -0.458 e. The number of Topliss-reactive ketones (excluding diaryl/α,β-unsaturated/α-hetero) is 1. The van der Waals surface area contributed by atoms with Crippen LogP contribution in [0.25, 0.3) is 0 Å². The van der Waals surface area contributed by atoms with E-state index in [1.165, 1.54) is 6.92 Å². The molecule has 4 aliphatic rings. The zero-order valence-electron chi connectivity index (χ0n) is 17.8. The summed E-state index contributed by atoms with van der Waals surface area (Å²) in [4.78, 5) is 36.2.